The lowest BCUT2D eigenvalue weighted by molar-refractivity contribution is 0.0485. The van der Waals surface area contributed by atoms with Gasteiger partial charge in [0.2, 0.25) is 0 Å². The van der Waals surface area contributed by atoms with Crippen LogP contribution in [0, 0.1) is 12.8 Å². The number of hydrogen-bond donors (Lipinski definition) is 1. The Morgan fingerprint density at radius 1 is 1.20 bits per heavy atom. The van der Waals surface area contributed by atoms with E-state index in [9.17, 15) is 18.4 Å². The number of nitrogens with one attached hydrogen (secondary N) is 1. The molecule has 1 saturated carbocycles. The minimum Gasteiger partial charge on any atom is -0.444 e. The van der Waals surface area contributed by atoms with Gasteiger partial charge < -0.3 is 14.8 Å². The quantitative estimate of drug-likeness (QED) is 0.291. The Labute approximate surface area is 241 Å². The van der Waals surface area contributed by atoms with Crippen LogP contribution in [0.25, 0.3) is 10.2 Å². The van der Waals surface area contributed by atoms with Crippen molar-refractivity contribution in [3.05, 3.63) is 39.0 Å². The van der Waals surface area contributed by atoms with Crippen LogP contribution in [0.5, 0.6) is 0 Å². The average Bonchev–Trinajstić information content (AvgIpc) is 3.14. The van der Waals surface area contributed by atoms with Crippen molar-refractivity contribution in [1.29, 1.82) is 0 Å². The highest BCUT2D eigenvalue weighted by Crippen LogP contribution is 2.51. The maximum atomic E-state index is 13.8. The molecule has 2 amide bonds. The van der Waals surface area contributed by atoms with Crippen LogP contribution >= 0.6 is 22.7 Å². The van der Waals surface area contributed by atoms with E-state index in [0.717, 1.165) is 20.0 Å². The summed E-state index contributed by atoms with van der Waals surface area (Å²) in [6.45, 7) is 12.9. The van der Waals surface area contributed by atoms with E-state index < -0.39 is 41.3 Å². The average molecular weight is 595 g/mol. The number of aromatic nitrogens is 2. The smallest absolute Gasteiger partial charge is 0.415 e. The van der Waals surface area contributed by atoms with E-state index in [1.165, 1.54) is 22.7 Å². The van der Waals surface area contributed by atoms with E-state index in [2.05, 4.69) is 15.5 Å². The third-order valence-electron chi connectivity index (χ3n) is 6.26. The van der Waals surface area contributed by atoms with Crippen LogP contribution in [-0.2, 0) is 22.4 Å². The maximum absolute atomic E-state index is 13.8. The zero-order valence-electron chi connectivity index (χ0n) is 23.8. The zero-order chi connectivity index (χ0) is 29.5. The summed E-state index contributed by atoms with van der Waals surface area (Å²) in [5, 5.41) is 13.3. The molecule has 12 heteroatoms. The molecule has 218 valence electrons. The lowest BCUT2D eigenvalue weighted by Crippen LogP contribution is -2.40. The Morgan fingerprint density at radius 2 is 1.88 bits per heavy atom. The first-order chi connectivity index (χ1) is 18.5. The number of anilines is 1. The van der Waals surface area contributed by atoms with E-state index >= 15 is 0 Å². The summed E-state index contributed by atoms with van der Waals surface area (Å²) in [4.78, 5) is 29.3. The molecule has 0 aromatic carbocycles. The molecule has 0 saturated heterocycles. The number of halogens is 2. The number of amides is 2. The van der Waals surface area contributed by atoms with Gasteiger partial charge in [-0.1, -0.05) is 6.07 Å². The Balaban J connectivity index is 1.67. The Bertz CT molecular complexity index is 1360. The fraction of sp³-hybridized carbons (Fsp3) is 0.571. The molecule has 0 radical (unpaired) electrons. The SMILES string of the molecule is Cc1c(CC(CC2CC2(F)F)NC(=O)OC(C)(C)C)sc2c(N(Cc3cccs3)C(=O)OC(C)(C)C)cnnc12. The van der Waals surface area contributed by atoms with Crippen LogP contribution in [-0.4, -0.2) is 45.6 Å². The topological polar surface area (TPSA) is 93.7 Å². The third kappa shape index (κ3) is 7.66. The number of alkyl carbamates (subject to hydrolysis) is 1. The van der Waals surface area contributed by atoms with Gasteiger partial charge in [-0.3, -0.25) is 4.90 Å². The van der Waals surface area contributed by atoms with Crippen molar-refractivity contribution in [3.63, 3.8) is 0 Å². The van der Waals surface area contributed by atoms with Crippen molar-refractivity contribution in [2.24, 2.45) is 5.92 Å². The zero-order valence-corrected chi connectivity index (χ0v) is 25.5. The van der Waals surface area contributed by atoms with Gasteiger partial charge in [-0.2, -0.15) is 5.10 Å². The first-order valence-corrected chi connectivity index (χ1v) is 14.9. The summed E-state index contributed by atoms with van der Waals surface area (Å²) in [6, 6.07) is 3.30. The lowest BCUT2D eigenvalue weighted by atomic mass is 10.0. The number of nitrogens with zero attached hydrogens (tertiary/aromatic N) is 3. The second kappa shape index (κ2) is 11.2. The molecule has 0 spiro atoms. The van der Waals surface area contributed by atoms with Crippen molar-refractivity contribution in [1.82, 2.24) is 15.5 Å². The minimum atomic E-state index is -2.71. The van der Waals surface area contributed by atoms with Crippen molar-refractivity contribution in [3.8, 4) is 0 Å². The number of fused-ring (bicyclic) bond motifs is 1. The third-order valence-corrected chi connectivity index (χ3v) is 8.45. The number of carbonyl (C=O) groups excluding carboxylic acids is 2. The van der Waals surface area contributed by atoms with Gasteiger partial charge in [0.15, 0.2) is 0 Å². The second-order valence-corrected chi connectivity index (χ2v) is 14.3. The Morgan fingerprint density at radius 3 is 2.45 bits per heavy atom. The predicted octanol–water partition coefficient (Wildman–Crippen LogP) is 7.48. The summed E-state index contributed by atoms with van der Waals surface area (Å²) in [7, 11) is 0. The molecule has 1 aliphatic rings. The molecule has 1 fully saturated rings. The summed E-state index contributed by atoms with van der Waals surface area (Å²) < 4.78 is 39.5. The molecule has 1 N–H and O–H groups in total. The molecule has 8 nitrogen and oxygen atoms in total. The molecule has 4 rings (SSSR count). The predicted molar refractivity (Wildman–Crippen MR) is 153 cm³/mol. The van der Waals surface area contributed by atoms with Gasteiger partial charge in [0.1, 0.15) is 16.7 Å². The first kappa shape index (κ1) is 30.1. The van der Waals surface area contributed by atoms with Gasteiger partial charge in [0, 0.05) is 34.6 Å². The molecular weight excluding hydrogens is 558 g/mol. The number of aryl methyl sites for hydroxylation is 1. The summed E-state index contributed by atoms with van der Waals surface area (Å²) >= 11 is 2.94. The maximum Gasteiger partial charge on any atom is 0.415 e. The number of carbonyl (C=O) groups is 2. The molecule has 3 heterocycles. The fourth-order valence-electron chi connectivity index (χ4n) is 4.31. The second-order valence-electron chi connectivity index (χ2n) is 12.1. The molecule has 2 unspecified atom stereocenters. The standard InChI is InChI=1S/C28H36F2N4O4S2/c1-16-21(12-18(11-17-13-28(17,29)30)32-24(35)37-26(2,3)4)40-23-20(14-31-33-22(16)23)34(15-19-9-8-10-39-19)25(36)38-27(5,6)7/h8-10,14,17-18H,11-13,15H2,1-7H3,(H,32,35). The Kier molecular flexibility index (Phi) is 8.43. The van der Waals surface area contributed by atoms with E-state index in [0.29, 0.717) is 24.2 Å². The van der Waals surface area contributed by atoms with E-state index in [1.807, 2.05) is 45.2 Å². The van der Waals surface area contributed by atoms with Crippen LogP contribution in [0.4, 0.5) is 24.1 Å². The molecule has 3 aromatic rings. The van der Waals surface area contributed by atoms with E-state index in [1.54, 1.807) is 31.9 Å². The largest absolute Gasteiger partial charge is 0.444 e. The van der Waals surface area contributed by atoms with Crippen LogP contribution in [0.2, 0.25) is 0 Å². The summed E-state index contributed by atoms with van der Waals surface area (Å²) in [6.07, 6.45) is 0.640. The van der Waals surface area contributed by atoms with Gasteiger partial charge in [-0.15, -0.1) is 27.8 Å². The molecule has 0 bridgehead atoms. The fourth-order valence-corrected chi connectivity index (χ4v) is 6.35. The summed E-state index contributed by atoms with van der Waals surface area (Å²) in [5.41, 5.74) is 0.575. The van der Waals surface area contributed by atoms with Gasteiger partial charge in [-0.25, -0.2) is 18.4 Å². The van der Waals surface area contributed by atoms with E-state index in [4.69, 9.17) is 9.47 Å². The lowest BCUT2D eigenvalue weighted by Gasteiger charge is -2.27. The number of hydrogen-bond acceptors (Lipinski definition) is 8. The summed E-state index contributed by atoms with van der Waals surface area (Å²) in [5.74, 6) is -3.50. The Hall–Kier alpha value is -2.86. The highest BCUT2D eigenvalue weighted by atomic mass is 32.1. The molecule has 0 aliphatic heterocycles. The van der Waals surface area contributed by atoms with Gasteiger partial charge in [-0.05, 0) is 71.9 Å². The van der Waals surface area contributed by atoms with Crippen molar-refractivity contribution in [2.75, 3.05) is 4.90 Å². The number of alkyl halides is 2. The minimum absolute atomic E-state index is 0.126. The number of ether oxygens (including phenoxy) is 2. The van der Waals surface area contributed by atoms with E-state index in [-0.39, 0.29) is 12.8 Å². The first-order valence-electron chi connectivity index (χ1n) is 13.2. The molecular formula is C28H36F2N4O4S2. The van der Waals surface area contributed by atoms with Crippen LogP contribution < -0.4 is 10.2 Å². The molecule has 1 aliphatic carbocycles. The van der Waals surface area contributed by atoms with Gasteiger partial charge in [0.25, 0.3) is 5.92 Å². The van der Waals surface area contributed by atoms with Crippen molar-refractivity contribution in [2.45, 2.75) is 97.4 Å². The molecule has 2 atom stereocenters. The van der Waals surface area contributed by atoms with Crippen LogP contribution in [0.3, 0.4) is 0 Å². The monoisotopic (exact) mass is 594 g/mol. The van der Waals surface area contributed by atoms with Gasteiger partial charge >= 0.3 is 12.2 Å². The number of thiophene rings is 2. The highest BCUT2D eigenvalue weighted by Gasteiger charge is 2.57. The van der Waals surface area contributed by atoms with Crippen molar-refractivity contribution >= 4 is 50.8 Å². The normalized spacial score (nSPS) is 17.4. The molecule has 3 aromatic heterocycles. The highest BCUT2D eigenvalue weighted by molar-refractivity contribution is 7.19. The van der Waals surface area contributed by atoms with Gasteiger partial charge in [0.05, 0.1) is 23.1 Å². The van der Waals surface area contributed by atoms with Crippen molar-refractivity contribution < 1.29 is 27.8 Å². The molecule has 40 heavy (non-hydrogen) atoms. The van der Waals surface area contributed by atoms with Crippen LogP contribution in [0.15, 0.2) is 23.7 Å². The van der Waals surface area contributed by atoms with Crippen LogP contribution in [0.1, 0.15) is 69.7 Å². The number of rotatable bonds is 8.